The molecule has 3 aromatic rings. The first-order chi connectivity index (χ1) is 19.4. The molecule has 1 atom stereocenters. The van der Waals surface area contributed by atoms with Crippen LogP contribution in [0.25, 0.3) is 10.2 Å². The highest BCUT2D eigenvalue weighted by Gasteiger charge is 2.30. The molecule has 220 valence electrons. The van der Waals surface area contributed by atoms with Gasteiger partial charge in [-0.15, -0.1) is 11.3 Å². The zero-order valence-corrected chi connectivity index (χ0v) is 25.6. The van der Waals surface area contributed by atoms with Gasteiger partial charge in [0.25, 0.3) is 5.91 Å². The summed E-state index contributed by atoms with van der Waals surface area (Å²) in [5.74, 6) is -4.52. The Morgan fingerprint density at radius 3 is 2.63 bits per heavy atom. The maximum atomic E-state index is 12.8. The number of hydrogen-bond acceptors (Lipinski definition) is 10. The van der Waals surface area contributed by atoms with Crippen molar-refractivity contribution in [2.24, 2.45) is 10.9 Å². The zero-order valence-electron chi connectivity index (χ0n) is 23.1. The van der Waals surface area contributed by atoms with Crippen molar-refractivity contribution in [2.75, 3.05) is 30.5 Å². The summed E-state index contributed by atoms with van der Waals surface area (Å²) in [5, 5.41) is 2.82. The molecule has 14 heteroatoms. The normalized spacial score (nSPS) is 15.4. The van der Waals surface area contributed by atoms with Gasteiger partial charge in [-0.25, -0.2) is 13.2 Å². The number of rotatable bonds is 9. The largest absolute Gasteiger partial charge is 0.468 e. The number of thiazole rings is 1. The van der Waals surface area contributed by atoms with Crippen molar-refractivity contribution in [1.29, 1.82) is 0 Å². The molecule has 2 heterocycles. The molecule has 0 fully saturated rings. The highest BCUT2D eigenvalue weighted by atomic mass is 32.2. The SMILES string of the molecule is CCOC(=O)c1c(NC(=O)CS(=O)(=O)CC(=O)N=c2sc3cc(C)ccc3n2CC(=O)OC)sc2c1CCC(C)C2. The van der Waals surface area contributed by atoms with E-state index in [-0.39, 0.29) is 28.5 Å². The van der Waals surface area contributed by atoms with E-state index in [0.29, 0.717) is 17.9 Å². The Hall–Kier alpha value is -3.36. The zero-order chi connectivity index (χ0) is 29.9. The number of hydrogen-bond donors (Lipinski definition) is 1. The lowest BCUT2D eigenvalue weighted by atomic mass is 9.88. The number of ether oxygens (including phenoxy) is 2. The van der Waals surface area contributed by atoms with Gasteiger partial charge in [0.05, 0.1) is 29.5 Å². The number of aryl methyl sites for hydroxylation is 1. The van der Waals surface area contributed by atoms with E-state index in [0.717, 1.165) is 44.9 Å². The molecule has 0 saturated heterocycles. The molecule has 0 spiro atoms. The molecule has 1 aliphatic rings. The summed E-state index contributed by atoms with van der Waals surface area (Å²) >= 11 is 2.38. The number of amides is 2. The molecule has 2 amide bonds. The number of carbonyl (C=O) groups is 4. The predicted octanol–water partition coefficient (Wildman–Crippen LogP) is 3.03. The average Bonchev–Trinajstić information content (AvgIpc) is 3.39. The van der Waals surface area contributed by atoms with Crippen molar-refractivity contribution >= 4 is 71.5 Å². The Morgan fingerprint density at radius 1 is 1.17 bits per heavy atom. The minimum Gasteiger partial charge on any atom is -0.468 e. The van der Waals surface area contributed by atoms with E-state index in [1.807, 2.05) is 19.1 Å². The van der Waals surface area contributed by atoms with Crippen LogP contribution in [-0.2, 0) is 53.1 Å². The summed E-state index contributed by atoms with van der Waals surface area (Å²) in [4.78, 5) is 55.3. The van der Waals surface area contributed by atoms with Gasteiger partial charge >= 0.3 is 11.9 Å². The van der Waals surface area contributed by atoms with Gasteiger partial charge in [-0.3, -0.25) is 14.4 Å². The van der Waals surface area contributed by atoms with Gasteiger partial charge in [-0.05, 0) is 62.3 Å². The third kappa shape index (κ3) is 7.29. The second-order valence-corrected chi connectivity index (χ2v) is 14.1. The van der Waals surface area contributed by atoms with Crippen LogP contribution in [0, 0.1) is 12.8 Å². The molecule has 1 aliphatic carbocycles. The molecule has 41 heavy (non-hydrogen) atoms. The van der Waals surface area contributed by atoms with Gasteiger partial charge in [0.15, 0.2) is 14.6 Å². The minimum absolute atomic E-state index is 0.137. The molecule has 0 radical (unpaired) electrons. The summed E-state index contributed by atoms with van der Waals surface area (Å²) in [6.45, 7) is 5.63. The van der Waals surface area contributed by atoms with Crippen molar-refractivity contribution in [2.45, 2.75) is 46.6 Å². The lowest BCUT2D eigenvalue weighted by Gasteiger charge is -2.18. The number of thiophene rings is 1. The summed E-state index contributed by atoms with van der Waals surface area (Å²) in [5.41, 5.74) is 2.70. The van der Waals surface area contributed by atoms with Crippen molar-refractivity contribution in [1.82, 2.24) is 4.57 Å². The van der Waals surface area contributed by atoms with Crippen LogP contribution >= 0.6 is 22.7 Å². The first-order valence-electron chi connectivity index (χ1n) is 13.0. The Kier molecular flexibility index (Phi) is 9.44. The van der Waals surface area contributed by atoms with E-state index in [1.54, 1.807) is 13.0 Å². The molecule has 1 aromatic carbocycles. The van der Waals surface area contributed by atoms with Crippen molar-refractivity contribution in [3.05, 3.63) is 44.6 Å². The number of methoxy groups -OCH3 is 1. The highest BCUT2D eigenvalue weighted by Crippen LogP contribution is 2.40. The van der Waals surface area contributed by atoms with Crippen LogP contribution in [0.2, 0.25) is 0 Å². The molecular weight excluding hydrogens is 591 g/mol. The van der Waals surface area contributed by atoms with Crippen LogP contribution in [0.4, 0.5) is 5.00 Å². The Balaban J connectivity index is 1.53. The molecular formula is C27H31N3O8S3. The topological polar surface area (TPSA) is 150 Å². The fourth-order valence-electron chi connectivity index (χ4n) is 4.61. The van der Waals surface area contributed by atoms with E-state index >= 15 is 0 Å². The monoisotopic (exact) mass is 621 g/mol. The highest BCUT2D eigenvalue weighted by molar-refractivity contribution is 7.92. The number of aromatic nitrogens is 1. The fraction of sp³-hybridized carbons (Fsp3) is 0.444. The lowest BCUT2D eigenvalue weighted by molar-refractivity contribution is -0.141. The van der Waals surface area contributed by atoms with Crippen LogP contribution in [0.15, 0.2) is 23.2 Å². The van der Waals surface area contributed by atoms with Gasteiger partial charge in [0, 0.05) is 4.88 Å². The standard InChI is InChI=1S/C27H31N3O8S3/c1-5-38-26(34)24-17-8-6-15(2)10-19(17)39-25(24)28-21(31)13-41(35,36)14-22(32)29-27-30(12-23(33)37-4)18-9-7-16(3)11-20(18)40-27/h7,9,11,15H,5-6,8,10,12-14H2,1-4H3,(H,28,31). The van der Waals surface area contributed by atoms with E-state index in [9.17, 15) is 27.6 Å². The Morgan fingerprint density at radius 2 is 1.93 bits per heavy atom. The average molecular weight is 622 g/mol. The van der Waals surface area contributed by atoms with Crippen molar-refractivity contribution in [3.63, 3.8) is 0 Å². The first-order valence-corrected chi connectivity index (χ1v) is 16.4. The van der Waals surface area contributed by atoms with E-state index in [1.165, 1.54) is 23.0 Å². The van der Waals surface area contributed by atoms with Gasteiger partial charge in [-0.2, -0.15) is 4.99 Å². The van der Waals surface area contributed by atoms with Gasteiger partial charge in [0.2, 0.25) is 5.91 Å². The molecule has 4 rings (SSSR count). The van der Waals surface area contributed by atoms with E-state index in [4.69, 9.17) is 9.47 Å². The number of fused-ring (bicyclic) bond motifs is 2. The number of nitrogens with zero attached hydrogens (tertiary/aromatic N) is 2. The van der Waals surface area contributed by atoms with Crippen LogP contribution < -0.4 is 10.1 Å². The smallest absolute Gasteiger partial charge is 0.341 e. The summed E-state index contributed by atoms with van der Waals surface area (Å²) in [7, 11) is -2.98. The lowest BCUT2D eigenvalue weighted by Crippen LogP contribution is -2.29. The second-order valence-electron chi connectivity index (χ2n) is 9.88. The fourth-order valence-corrected chi connectivity index (χ4v) is 8.19. The number of sulfone groups is 1. The minimum atomic E-state index is -4.21. The molecule has 0 bridgehead atoms. The summed E-state index contributed by atoms with van der Waals surface area (Å²) in [6, 6.07) is 5.49. The van der Waals surface area contributed by atoms with Gasteiger partial charge in [-0.1, -0.05) is 24.3 Å². The van der Waals surface area contributed by atoms with Crippen molar-refractivity contribution in [3.8, 4) is 0 Å². The van der Waals surface area contributed by atoms with Gasteiger partial charge < -0.3 is 19.4 Å². The summed E-state index contributed by atoms with van der Waals surface area (Å²) < 4.78 is 37.8. The summed E-state index contributed by atoms with van der Waals surface area (Å²) in [6.07, 6.45) is 2.31. The number of nitrogens with one attached hydrogen (secondary N) is 1. The van der Waals surface area contributed by atoms with Crippen molar-refractivity contribution < 1.29 is 37.1 Å². The molecule has 0 aliphatic heterocycles. The maximum absolute atomic E-state index is 12.8. The molecule has 1 unspecified atom stereocenters. The third-order valence-corrected chi connectivity index (χ3v) is 10.1. The molecule has 2 aromatic heterocycles. The predicted molar refractivity (Wildman–Crippen MR) is 156 cm³/mol. The quantitative estimate of drug-likeness (QED) is 0.358. The van der Waals surface area contributed by atoms with Crippen LogP contribution in [0.5, 0.6) is 0 Å². The second kappa shape index (κ2) is 12.7. The molecule has 0 saturated carbocycles. The third-order valence-electron chi connectivity index (χ3n) is 6.51. The van der Waals surface area contributed by atoms with Crippen LogP contribution in [0.3, 0.4) is 0 Å². The maximum Gasteiger partial charge on any atom is 0.341 e. The van der Waals surface area contributed by atoms with Gasteiger partial charge in [0.1, 0.15) is 23.1 Å². The number of carbonyl (C=O) groups excluding carboxylic acids is 4. The van der Waals surface area contributed by atoms with E-state index < -0.39 is 45.1 Å². The Bertz CT molecular complexity index is 1700. The first kappa shape index (κ1) is 30.6. The molecule has 1 N–H and O–H groups in total. The number of anilines is 1. The Labute approximate surface area is 245 Å². The number of esters is 2. The van der Waals surface area contributed by atoms with E-state index in [2.05, 4.69) is 17.2 Å². The van der Waals surface area contributed by atoms with Crippen LogP contribution in [-0.4, -0.2) is 62.0 Å². The number of benzene rings is 1. The molecule has 11 nitrogen and oxygen atoms in total. The van der Waals surface area contributed by atoms with Crippen LogP contribution in [0.1, 0.15) is 46.6 Å².